The highest BCUT2D eigenvalue weighted by molar-refractivity contribution is 6.30. The van der Waals surface area contributed by atoms with Crippen molar-refractivity contribution in [1.29, 1.82) is 0 Å². The third kappa shape index (κ3) is 3.05. The molecule has 0 fully saturated rings. The summed E-state index contributed by atoms with van der Waals surface area (Å²) in [5, 5.41) is 0.717. The minimum absolute atomic E-state index is 0.424. The lowest BCUT2D eigenvalue weighted by Gasteiger charge is -2.25. The molecule has 0 saturated carbocycles. The topological polar surface area (TPSA) is 38.9 Å². The van der Waals surface area contributed by atoms with Crippen LogP contribution in [0.15, 0.2) is 48.8 Å². The zero-order valence-electron chi connectivity index (χ0n) is 9.73. The van der Waals surface area contributed by atoms with E-state index in [-0.39, 0.29) is 0 Å². The van der Waals surface area contributed by atoms with Gasteiger partial charge in [0, 0.05) is 23.0 Å². The molecule has 2 nitrogen and oxygen atoms in total. The van der Waals surface area contributed by atoms with E-state index >= 15 is 0 Å². The average molecular weight is 247 g/mol. The second-order valence-electron chi connectivity index (χ2n) is 4.46. The van der Waals surface area contributed by atoms with Crippen LogP contribution in [0.4, 0.5) is 0 Å². The van der Waals surface area contributed by atoms with E-state index in [9.17, 15) is 0 Å². The number of nitrogens with zero attached hydrogens (tertiary/aromatic N) is 1. The van der Waals surface area contributed by atoms with E-state index < -0.39 is 5.54 Å². The van der Waals surface area contributed by atoms with Crippen molar-refractivity contribution in [1.82, 2.24) is 4.98 Å². The Balaban J connectivity index is 2.25. The third-order valence-corrected chi connectivity index (χ3v) is 3.04. The molecule has 88 valence electrons. The average Bonchev–Trinajstić information content (AvgIpc) is 2.30. The van der Waals surface area contributed by atoms with Crippen LogP contribution >= 0.6 is 11.6 Å². The van der Waals surface area contributed by atoms with Crippen LogP contribution in [0.25, 0.3) is 0 Å². The van der Waals surface area contributed by atoms with Crippen LogP contribution in [-0.4, -0.2) is 4.98 Å². The predicted molar refractivity (Wildman–Crippen MR) is 70.9 cm³/mol. The van der Waals surface area contributed by atoms with Gasteiger partial charge in [-0.1, -0.05) is 23.7 Å². The number of hydrogen-bond acceptors (Lipinski definition) is 2. The zero-order chi connectivity index (χ0) is 12.3. The van der Waals surface area contributed by atoms with Gasteiger partial charge in [-0.2, -0.15) is 0 Å². The van der Waals surface area contributed by atoms with Gasteiger partial charge in [-0.3, -0.25) is 4.98 Å². The molecule has 0 aliphatic carbocycles. The first-order valence-electron chi connectivity index (χ1n) is 5.52. The van der Waals surface area contributed by atoms with Crippen molar-refractivity contribution in [2.75, 3.05) is 0 Å². The standard InChI is InChI=1S/C14H15ClN2/c1-14(16,10-11-5-7-17-8-6-11)12-3-2-4-13(15)9-12/h2-9H,10,16H2,1H3. The second-order valence-corrected chi connectivity index (χ2v) is 4.90. The highest BCUT2D eigenvalue weighted by atomic mass is 35.5. The molecule has 2 N–H and O–H groups in total. The summed E-state index contributed by atoms with van der Waals surface area (Å²) in [5.41, 5.74) is 8.15. The van der Waals surface area contributed by atoms with Gasteiger partial charge in [0.15, 0.2) is 0 Å². The summed E-state index contributed by atoms with van der Waals surface area (Å²) in [6.07, 6.45) is 4.32. The van der Waals surface area contributed by atoms with Gasteiger partial charge < -0.3 is 5.73 Å². The monoisotopic (exact) mass is 246 g/mol. The lowest BCUT2D eigenvalue weighted by atomic mass is 9.87. The first kappa shape index (κ1) is 12.1. The maximum Gasteiger partial charge on any atom is 0.0422 e. The molecule has 0 radical (unpaired) electrons. The van der Waals surface area contributed by atoms with E-state index in [1.807, 2.05) is 43.3 Å². The van der Waals surface area contributed by atoms with Crippen LogP contribution in [0, 0.1) is 0 Å². The molecule has 0 aliphatic heterocycles. The summed E-state index contributed by atoms with van der Waals surface area (Å²) < 4.78 is 0. The number of hydrogen-bond donors (Lipinski definition) is 1. The van der Waals surface area contributed by atoms with Gasteiger partial charge in [-0.25, -0.2) is 0 Å². The fourth-order valence-electron chi connectivity index (χ4n) is 1.87. The Morgan fingerprint density at radius 1 is 1.24 bits per heavy atom. The Kier molecular flexibility index (Phi) is 3.46. The van der Waals surface area contributed by atoms with Crippen LogP contribution in [0.5, 0.6) is 0 Å². The number of aromatic nitrogens is 1. The molecule has 1 aromatic carbocycles. The van der Waals surface area contributed by atoms with Gasteiger partial charge in [0.25, 0.3) is 0 Å². The Morgan fingerprint density at radius 2 is 1.94 bits per heavy atom. The number of rotatable bonds is 3. The van der Waals surface area contributed by atoms with Crippen LogP contribution in [0.2, 0.25) is 5.02 Å². The van der Waals surface area contributed by atoms with Crippen molar-refractivity contribution < 1.29 is 0 Å². The minimum atomic E-state index is -0.424. The Labute approximate surface area is 106 Å². The molecule has 1 atom stereocenters. The van der Waals surface area contributed by atoms with Crippen LogP contribution in [0.1, 0.15) is 18.1 Å². The summed E-state index contributed by atoms with van der Waals surface area (Å²) in [7, 11) is 0. The first-order chi connectivity index (χ1) is 8.08. The molecular formula is C14H15ClN2. The summed E-state index contributed by atoms with van der Waals surface area (Å²) >= 11 is 5.99. The van der Waals surface area contributed by atoms with Crippen molar-refractivity contribution in [3.63, 3.8) is 0 Å². The number of nitrogens with two attached hydrogens (primary N) is 1. The SMILES string of the molecule is CC(N)(Cc1ccncc1)c1cccc(Cl)c1. The number of halogens is 1. The molecule has 17 heavy (non-hydrogen) atoms. The van der Waals surface area contributed by atoms with Crippen molar-refractivity contribution in [3.8, 4) is 0 Å². The quantitative estimate of drug-likeness (QED) is 0.904. The van der Waals surface area contributed by atoms with E-state index in [4.69, 9.17) is 17.3 Å². The molecule has 0 bridgehead atoms. The molecule has 3 heteroatoms. The van der Waals surface area contributed by atoms with E-state index in [0.717, 1.165) is 12.0 Å². The largest absolute Gasteiger partial charge is 0.321 e. The van der Waals surface area contributed by atoms with Gasteiger partial charge in [-0.05, 0) is 48.7 Å². The molecule has 0 amide bonds. The molecule has 2 rings (SSSR count). The van der Waals surface area contributed by atoms with Gasteiger partial charge in [0.1, 0.15) is 0 Å². The molecule has 0 spiro atoms. The van der Waals surface area contributed by atoms with Crippen molar-refractivity contribution in [2.24, 2.45) is 5.73 Å². The molecule has 1 unspecified atom stereocenters. The molecule has 0 aliphatic rings. The Bertz CT molecular complexity index is 495. The van der Waals surface area contributed by atoms with Crippen LogP contribution in [-0.2, 0) is 12.0 Å². The highest BCUT2D eigenvalue weighted by Crippen LogP contribution is 2.24. The molecular weight excluding hydrogens is 232 g/mol. The first-order valence-corrected chi connectivity index (χ1v) is 5.89. The predicted octanol–water partition coefficient (Wildman–Crippen LogP) is 3.15. The minimum Gasteiger partial charge on any atom is -0.321 e. The number of benzene rings is 1. The fraction of sp³-hybridized carbons (Fsp3) is 0.214. The highest BCUT2D eigenvalue weighted by Gasteiger charge is 2.21. The number of pyridine rings is 1. The van der Waals surface area contributed by atoms with Crippen LogP contribution in [0.3, 0.4) is 0 Å². The van der Waals surface area contributed by atoms with Crippen LogP contribution < -0.4 is 5.73 Å². The van der Waals surface area contributed by atoms with E-state index in [0.29, 0.717) is 5.02 Å². The Morgan fingerprint density at radius 3 is 2.59 bits per heavy atom. The van der Waals surface area contributed by atoms with E-state index in [1.54, 1.807) is 12.4 Å². The van der Waals surface area contributed by atoms with Crippen molar-refractivity contribution >= 4 is 11.6 Å². The fourth-order valence-corrected chi connectivity index (χ4v) is 2.06. The van der Waals surface area contributed by atoms with Gasteiger partial charge in [-0.15, -0.1) is 0 Å². The Hall–Kier alpha value is -1.38. The summed E-state index contributed by atoms with van der Waals surface area (Å²) in [6, 6.07) is 11.7. The molecule has 1 aromatic heterocycles. The zero-order valence-corrected chi connectivity index (χ0v) is 10.5. The van der Waals surface area contributed by atoms with E-state index in [1.165, 1.54) is 5.56 Å². The van der Waals surface area contributed by atoms with Gasteiger partial charge in [0.2, 0.25) is 0 Å². The molecule has 1 heterocycles. The normalized spacial score (nSPS) is 14.3. The van der Waals surface area contributed by atoms with Gasteiger partial charge >= 0.3 is 0 Å². The van der Waals surface area contributed by atoms with E-state index in [2.05, 4.69) is 4.98 Å². The summed E-state index contributed by atoms with van der Waals surface area (Å²) in [6.45, 7) is 2.01. The molecule has 0 saturated heterocycles. The maximum absolute atomic E-state index is 6.36. The third-order valence-electron chi connectivity index (χ3n) is 2.80. The summed E-state index contributed by atoms with van der Waals surface area (Å²) in [5.74, 6) is 0. The maximum atomic E-state index is 6.36. The lowest BCUT2D eigenvalue weighted by molar-refractivity contribution is 0.491. The lowest BCUT2D eigenvalue weighted by Crippen LogP contribution is -2.35. The molecule has 2 aromatic rings. The van der Waals surface area contributed by atoms with Gasteiger partial charge in [0.05, 0.1) is 0 Å². The second kappa shape index (κ2) is 4.86. The van der Waals surface area contributed by atoms with Crippen molar-refractivity contribution in [2.45, 2.75) is 18.9 Å². The smallest absolute Gasteiger partial charge is 0.0422 e. The van der Waals surface area contributed by atoms with Crippen molar-refractivity contribution in [3.05, 3.63) is 64.9 Å². The summed E-state index contributed by atoms with van der Waals surface area (Å²) in [4.78, 5) is 4.00.